The molecule has 0 unspecified atom stereocenters. The van der Waals surface area contributed by atoms with Crippen molar-refractivity contribution in [3.8, 4) is 0 Å². The molecule has 2 aromatic rings. The van der Waals surface area contributed by atoms with E-state index in [-0.39, 0.29) is 17.9 Å². The van der Waals surface area contributed by atoms with Crippen LogP contribution >= 0.6 is 0 Å². The summed E-state index contributed by atoms with van der Waals surface area (Å²) in [5.74, 6) is 0.170. The fourth-order valence-electron chi connectivity index (χ4n) is 5.04. The van der Waals surface area contributed by atoms with Crippen molar-refractivity contribution in [1.82, 2.24) is 10.2 Å². The van der Waals surface area contributed by atoms with Gasteiger partial charge in [0.1, 0.15) is 0 Å². The zero-order valence-corrected chi connectivity index (χ0v) is 17.9. The van der Waals surface area contributed by atoms with Crippen LogP contribution in [0.25, 0.3) is 0 Å². The van der Waals surface area contributed by atoms with Crippen molar-refractivity contribution in [1.29, 1.82) is 0 Å². The first-order valence-electron chi connectivity index (χ1n) is 11.4. The van der Waals surface area contributed by atoms with Crippen LogP contribution in [0.4, 0.5) is 18.9 Å². The van der Waals surface area contributed by atoms with E-state index in [0.29, 0.717) is 31.0 Å². The smallest absolute Gasteiger partial charge is 0.365 e. The van der Waals surface area contributed by atoms with Gasteiger partial charge in [-0.25, -0.2) is 0 Å². The number of benzene rings is 2. The molecule has 1 saturated carbocycles. The molecule has 170 valence electrons. The third-order valence-corrected chi connectivity index (χ3v) is 6.97. The summed E-state index contributed by atoms with van der Waals surface area (Å²) >= 11 is 0. The average Bonchev–Trinajstić information content (AvgIpc) is 3.61. The van der Waals surface area contributed by atoms with Gasteiger partial charge in [0, 0.05) is 38.4 Å². The zero-order chi connectivity index (χ0) is 22.3. The van der Waals surface area contributed by atoms with Crippen LogP contribution in [0, 0.1) is 11.8 Å². The molecule has 0 aromatic heterocycles. The monoisotopic (exact) mass is 443 g/mol. The van der Waals surface area contributed by atoms with Gasteiger partial charge in [-0.15, -0.1) is 0 Å². The lowest BCUT2D eigenvalue weighted by Gasteiger charge is -2.49. The molecule has 2 fully saturated rings. The van der Waals surface area contributed by atoms with E-state index in [2.05, 4.69) is 27.2 Å². The van der Waals surface area contributed by atoms with Gasteiger partial charge in [0.05, 0.1) is 17.5 Å². The minimum absolute atomic E-state index is 0.0310. The van der Waals surface area contributed by atoms with Crippen LogP contribution in [0.5, 0.6) is 0 Å². The van der Waals surface area contributed by atoms with Gasteiger partial charge in [-0.1, -0.05) is 30.3 Å². The third kappa shape index (κ3) is 4.49. The van der Waals surface area contributed by atoms with Crippen molar-refractivity contribution in [2.24, 2.45) is 11.8 Å². The summed E-state index contributed by atoms with van der Waals surface area (Å²) in [5.41, 5.74) is 2.05. The van der Waals surface area contributed by atoms with Gasteiger partial charge < -0.3 is 10.2 Å². The number of nitrogens with zero attached hydrogens (tertiary/aromatic N) is 2. The third-order valence-electron chi connectivity index (χ3n) is 6.97. The number of carbonyl (C=O) groups is 1. The van der Waals surface area contributed by atoms with E-state index in [1.54, 1.807) is 6.07 Å². The molecule has 32 heavy (non-hydrogen) atoms. The van der Waals surface area contributed by atoms with Crippen molar-refractivity contribution in [2.75, 3.05) is 31.1 Å². The molecule has 1 amide bonds. The lowest BCUT2D eigenvalue weighted by molar-refractivity contribution is -0.137. The minimum Gasteiger partial charge on any atom is -0.365 e. The Morgan fingerprint density at radius 1 is 1.06 bits per heavy atom. The Balaban J connectivity index is 1.40. The fraction of sp³-hybridized carbons (Fsp3) is 0.480. The molecular formula is C25H28F3N3O. The molecule has 5 rings (SSSR count). The largest absolute Gasteiger partial charge is 0.416 e. The number of piperazine rings is 1. The average molecular weight is 444 g/mol. The summed E-state index contributed by atoms with van der Waals surface area (Å²) in [6.45, 7) is 3.70. The Hall–Kier alpha value is -2.54. The van der Waals surface area contributed by atoms with E-state index in [9.17, 15) is 18.0 Å². The summed E-state index contributed by atoms with van der Waals surface area (Å²) < 4.78 is 40.0. The van der Waals surface area contributed by atoms with Crippen LogP contribution in [0.15, 0.2) is 48.5 Å². The second kappa shape index (κ2) is 8.43. The van der Waals surface area contributed by atoms with Gasteiger partial charge in [0.2, 0.25) is 5.91 Å². The van der Waals surface area contributed by atoms with E-state index in [1.165, 1.54) is 17.7 Å². The number of alkyl halides is 3. The van der Waals surface area contributed by atoms with E-state index in [4.69, 9.17) is 0 Å². The number of anilines is 1. The molecule has 1 saturated heterocycles. The molecule has 2 aromatic carbocycles. The van der Waals surface area contributed by atoms with Crippen molar-refractivity contribution >= 4 is 11.6 Å². The second-order valence-corrected chi connectivity index (χ2v) is 9.32. The molecule has 0 bridgehead atoms. The first kappa shape index (κ1) is 21.3. The molecule has 2 atom stereocenters. The van der Waals surface area contributed by atoms with Gasteiger partial charge in [-0.05, 0) is 54.5 Å². The first-order valence-corrected chi connectivity index (χ1v) is 11.4. The Morgan fingerprint density at radius 3 is 2.56 bits per heavy atom. The highest BCUT2D eigenvalue weighted by molar-refractivity contribution is 5.82. The van der Waals surface area contributed by atoms with Gasteiger partial charge in [-0.3, -0.25) is 9.69 Å². The number of halogens is 3. The lowest BCUT2D eigenvalue weighted by atomic mass is 9.82. The predicted octanol–water partition coefficient (Wildman–Crippen LogP) is 4.09. The van der Waals surface area contributed by atoms with E-state index < -0.39 is 11.7 Å². The summed E-state index contributed by atoms with van der Waals surface area (Å²) in [7, 11) is 0. The highest BCUT2D eigenvalue weighted by atomic mass is 19.4. The van der Waals surface area contributed by atoms with Crippen LogP contribution in [-0.2, 0) is 23.9 Å². The van der Waals surface area contributed by atoms with Gasteiger partial charge in [0.25, 0.3) is 0 Å². The zero-order valence-electron chi connectivity index (χ0n) is 17.9. The van der Waals surface area contributed by atoms with Crippen molar-refractivity contribution in [3.05, 3.63) is 65.2 Å². The van der Waals surface area contributed by atoms with Crippen molar-refractivity contribution in [2.45, 2.75) is 38.0 Å². The fourth-order valence-corrected chi connectivity index (χ4v) is 5.04. The highest BCUT2D eigenvalue weighted by Crippen LogP contribution is 2.40. The second-order valence-electron chi connectivity index (χ2n) is 9.32. The Morgan fingerprint density at radius 2 is 1.84 bits per heavy atom. The topological polar surface area (TPSA) is 35.6 Å². The maximum Gasteiger partial charge on any atom is 0.416 e. The molecule has 0 spiro atoms. The lowest BCUT2D eigenvalue weighted by Crippen LogP contribution is -2.61. The normalized spacial score (nSPS) is 23.4. The van der Waals surface area contributed by atoms with Gasteiger partial charge in [-0.2, -0.15) is 13.2 Å². The van der Waals surface area contributed by atoms with Crippen LogP contribution in [0.3, 0.4) is 0 Å². The van der Waals surface area contributed by atoms with E-state index >= 15 is 0 Å². The first-order chi connectivity index (χ1) is 15.4. The van der Waals surface area contributed by atoms with Crippen molar-refractivity contribution < 1.29 is 18.0 Å². The van der Waals surface area contributed by atoms with Crippen molar-refractivity contribution in [3.63, 3.8) is 0 Å². The van der Waals surface area contributed by atoms with E-state index in [1.807, 2.05) is 18.2 Å². The van der Waals surface area contributed by atoms with Gasteiger partial charge in [0.15, 0.2) is 0 Å². The molecular weight excluding hydrogens is 415 g/mol. The maximum absolute atomic E-state index is 13.3. The number of amides is 1. The van der Waals surface area contributed by atoms with E-state index in [0.717, 1.165) is 38.2 Å². The number of hydrogen-bond acceptors (Lipinski definition) is 3. The standard InChI is InChI=1S/C25H28F3N3O/c26-25(27,28)20-8-9-22-19(12-20)13-21(24(32)29-14-17-6-7-17)23-16-30(10-11-31(22)23)15-18-4-2-1-3-5-18/h1-5,8-9,12,17,21,23H,6-7,10-11,13-16H2,(H,29,32)/t21-,23+/m0/s1. The maximum atomic E-state index is 13.3. The summed E-state index contributed by atoms with van der Waals surface area (Å²) in [5, 5.41) is 3.08. The molecule has 1 aliphatic carbocycles. The number of rotatable bonds is 5. The molecule has 4 nitrogen and oxygen atoms in total. The minimum atomic E-state index is -4.38. The summed E-state index contributed by atoms with van der Waals surface area (Å²) in [4.78, 5) is 17.7. The number of carbonyl (C=O) groups excluding carboxylic acids is 1. The molecule has 2 aliphatic heterocycles. The van der Waals surface area contributed by atoms with Crippen LogP contribution in [0.2, 0.25) is 0 Å². The Labute approximate surface area is 186 Å². The summed E-state index contributed by atoms with van der Waals surface area (Å²) in [6.07, 6.45) is -1.76. The number of nitrogens with one attached hydrogen (secondary N) is 1. The quantitative estimate of drug-likeness (QED) is 0.756. The Bertz CT molecular complexity index is 974. The molecule has 0 radical (unpaired) electrons. The number of hydrogen-bond donors (Lipinski definition) is 1. The summed E-state index contributed by atoms with van der Waals surface area (Å²) in [6, 6.07) is 14.2. The molecule has 7 heteroatoms. The number of fused-ring (bicyclic) bond motifs is 3. The SMILES string of the molecule is O=C(NCC1CC1)[C@H]1Cc2cc(C(F)(F)F)ccc2N2CCN(Cc3ccccc3)C[C@H]12. The Kier molecular flexibility index (Phi) is 5.61. The van der Waals surface area contributed by atoms with Crippen LogP contribution in [-0.4, -0.2) is 43.0 Å². The molecule has 2 heterocycles. The molecule has 3 aliphatic rings. The highest BCUT2D eigenvalue weighted by Gasteiger charge is 2.43. The van der Waals surface area contributed by atoms with Crippen LogP contribution < -0.4 is 10.2 Å². The van der Waals surface area contributed by atoms with Crippen LogP contribution in [0.1, 0.15) is 29.5 Å². The van der Waals surface area contributed by atoms with Gasteiger partial charge >= 0.3 is 6.18 Å². The predicted molar refractivity (Wildman–Crippen MR) is 117 cm³/mol. The molecule has 1 N–H and O–H groups in total.